The maximum atomic E-state index is 13.0. The molecule has 134 valence electrons. The van der Waals surface area contributed by atoms with Gasteiger partial charge in [-0.25, -0.2) is 4.39 Å². The third-order valence-corrected chi connectivity index (χ3v) is 4.62. The average molecular weight is 344 g/mol. The minimum Gasteiger partial charge on any atom is -0.451 e. The molecule has 1 saturated heterocycles. The number of piperidine rings is 1. The number of nitrogens with zero attached hydrogens (tertiary/aromatic N) is 1. The van der Waals surface area contributed by atoms with Crippen molar-refractivity contribution < 1.29 is 13.6 Å². The van der Waals surface area contributed by atoms with Crippen molar-refractivity contribution in [2.75, 3.05) is 26.2 Å². The molecule has 0 radical (unpaired) electrons. The second-order valence-corrected chi connectivity index (χ2v) is 7.13. The monoisotopic (exact) mass is 344 g/mol. The number of likely N-dealkylation sites (tertiary alicyclic amines) is 1. The van der Waals surface area contributed by atoms with Gasteiger partial charge in [-0.3, -0.25) is 4.79 Å². The fourth-order valence-electron chi connectivity index (χ4n) is 3.62. The number of hydrogen-bond donors (Lipinski definition) is 1. The van der Waals surface area contributed by atoms with E-state index in [0.29, 0.717) is 24.1 Å². The Morgan fingerprint density at radius 1 is 1.16 bits per heavy atom. The predicted octanol–water partition coefficient (Wildman–Crippen LogP) is 3.79. The summed E-state index contributed by atoms with van der Waals surface area (Å²) in [4.78, 5) is 14.6. The van der Waals surface area contributed by atoms with Gasteiger partial charge in [0.15, 0.2) is 5.76 Å². The van der Waals surface area contributed by atoms with Crippen LogP contribution in [0.1, 0.15) is 30.8 Å². The molecule has 0 unspecified atom stereocenters. The highest BCUT2D eigenvalue weighted by Crippen LogP contribution is 2.22. The molecular weight excluding hydrogens is 319 g/mol. The number of carbonyl (C=O) groups is 1. The van der Waals surface area contributed by atoms with E-state index in [9.17, 15) is 9.18 Å². The van der Waals surface area contributed by atoms with Crippen LogP contribution in [0.2, 0.25) is 0 Å². The molecular formula is C20H25FN2O2. The third kappa shape index (κ3) is 4.69. The molecule has 1 aliphatic heterocycles. The molecule has 2 atom stereocenters. The normalized spacial score (nSPS) is 21.2. The van der Waals surface area contributed by atoms with Crippen LogP contribution in [0.3, 0.4) is 0 Å². The van der Waals surface area contributed by atoms with Crippen molar-refractivity contribution in [1.82, 2.24) is 10.2 Å². The fourth-order valence-corrected chi connectivity index (χ4v) is 3.62. The second kappa shape index (κ2) is 7.83. The molecule has 1 amide bonds. The second-order valence-electron chi connectivity index (χ2n) is 7.13. The molecule has 0 saturated carbocycles. The van der Waals surface area contributed by atoms with Gasteiger partial charge in [0.2, 0.25) is 0 Å². The van der Waals surface area contributed by atoms with Crippen LogP contribution in [0.15, 0.2) is 40.8 Å². The van der Waals surface area contributed by atoms with Crippen molar-refractivity contribution >= 4 is 5.91 Å². The smallest absolute Gasteiger partial charge is 0.287 e. The average Bonchev–Trinajstić information content (AvgIpc) is 3.04. The first-order valence-corrected chi connectivity index (χ1v) is 8.87. The quantitative estimate of drug-likeness (QED) is 0.897. The van der Waals surface area contributed by atoms with Gasteiger partial charge in [0.25, 0.3) is 5.91 Å². The van der Waals surface area contributed by atoms with Crippen LogP contribution in [0, 0.1) is 17.7 Å². The predicted molar refractivity (Wildman–Crippen MR) is 95.8 cm³/mol. The lowest BCUT2D eigenvalue weighted by atomic mass is 9.92. The summed E-state index contributed by atoms with van der Waals surface area (Å²) >= 11 is 0. The first-order chi connectivity index (χ1) is 12.0. The molecule has 0 spiro atoms. The molecule has 3 rings (SSSR count). The standard InChI is InChI=1S/C20H25FN2O2/c1-14-11-15(2)13-23(12-14)10-9-22-20(24)19-8-7-18(25-19)16-3-5-17(21)6-4-16/h3-8,14-15H,9-13H2,1-2H3,(H,22,24)/t14-,15+. The summed E-state index contributed by atoms with van der Waals surface area (Å²) in [7, 11) is 0. The van der Waals surface area contributed by atoms with E-state index in [4.69, 9.17) is 4.42 Å². The topological polar surface area (TPSA) is 45.5 Å². The van der Waals surface area contributed by atoms with Gasteiger partial charge in [-0.15, -0.1) is 0 Å². The van der Waals surface area contributed by atoms with Crippen molar-refractivity contribution in [2.45, 2.75) is 20.3 Å². The zero-order valence-corrected chi connectivity index (χ0v) is 14.8. The highest BCUT2D eigenvalue weighted by atomic mass is 19.1. The molecule has 1 aromatic carbocycles. The number of benzene rings is 1. The zero-order chi connectivity index (χ0) is 17.8. The number of halogens is 1. The molecule has 0 aliphatic carbocycles. The number of furan rings is 1. The molecule has 2 aromatic rings. The van der Waals surface area contributed by atoms with Crippen LogP contribution in [-0.4, -0.2) is 37.0 Å². The molecule has 1 aromatic heterocycles. The summed E-state index contributed by atoms with van der Waals surface area (Å²) in [6.07, 6.45) is 1.28. The Hall–Kier alpha value is -2.14. The van der Waals surface area contributed by atoms with Crippen LogP contribution >= 0.6 is 0 Å². The van der Waals surface area contributed by atoms with Crippen molar-refractivity contribution in [2.24, 2.45) is 11.8 Å². The molecule has 5 heteroatoms. The van der Waals surface area contributed by atoms with E-state index in [1.165, 1.54) is 18.6 Å². The maximum Gasteiger partial charge on any atom is 0.287 e. The van der Waals surface area contributed by atoms with Crippen molar-refractivity contribution in [1.29, 1.82) is 0 Å². The fraction of sp³-hybridized carbons (Fsp3) is 0.450. The Kier molecular flexibility index (Phi) is 5.53. The Bertz CT molecular complexity index is 701. The van der Waals surface area contributed by atoms with Gasteiger partial charge >= 0.3 is 0 Å². The van der Waals surface area contributed by atoms with Gasteiger partial charge in [-0.2, -0.15) is 0 Å². The van der Waals surface area contributed by atoms with E-state index in [-0.39, 0.29) is 17.5 Å². The molecule has 2 heterocycles. The minimum absolute atomic E-state index is 0.216. The van der Waals surface area contributed by atoms with Crippen LogP contribution in [-0.2, 0) is 0 Å². The highest BCUT2D eigenvalue weighted by molar-refractivity contribution is 5.92. The van der Waals surface area contributed by atoms with Crippen LogP contribution < -0.4 is 5.32 Å². The summed E-state index contributed by atoms with van der Waals surface area (Å²) in [6.45, 7) is 8.20. The Morgan fingerprint density at radius 2 is 1.84 bits per heavy atom. The van der Waals surface area contributed by atoms with E-state index in [2.05, 4.69) is 24.1 Å². The van der Waals surface area contributed by atoms with Crippen LogP contribution in [0.4, 0.5) is 4.39 Å². The zero-order valence-electron chi connectivity index (χ0n) is 14.8. The third-order valence-electron chi connectivity index (χ3n) is 4.62. The molecule has 1 fully saturated rings. The summed E-state index contributed by atoms with van der Waals surface area (Å²) in [5.41, 5.74) is 0.747. The van der Waals surface area contributed by atoms with Crippen LogP contribution in [0.5, 0.6) is 0 Å². The molecule has 1 N–H and O–H groups in total. The van der Waals surface area contributed by atoms with Gasteiger partial charge < -0.3 is 14.6 Å². The van der Waals surface area contributed by atoms with Gasteiger partial charge in [-0.1, -0.05) is 13.8 Å². The Balaban J connectivity index is 1.51. The van der Waals surface area contributed by atoms with E-state index >= 15 is 0 Å². The summed E-state index contributed by atoms with van der Waals surface area (Å²) in [6, 6.07) is 9.40. The number of amides is 1. The van der Waals surface area contributed by atoms with Gasteiger partial charge in [-0.05, 0) is 54.7 Å². The largest absolute Gasteiger partial charge is 0.451 e. The summed E-state index contributed by atoms with van der Waals surface area (Å²) in [5.74, 6) is 1.75. The molecule has 0 bridgehead atoms. The number of nitrogens with one attached hydrogen (secondary N) is 1. The van der Waals surface area contributed by atoms with Crippen molar-refractivity contribution in [3.05, 3.63) is 48.0 Å². The lowest BCUT2D eigenvalue weighted by Crippen LogP contribution is -2.42. The van der Waals surface area contributed by atoms with Gasteiger partial charge in [0, 0.05) is 31.7 Å². The van der Waals surface area contributed by atoms with Gasteiger partial charge in [0.1, 0.15) is 11.6 Å². The van der Waals surface area contributed by atoms with E-state index in [0.717, 1.165) is 25.2 Å². The van der Waals surface area contributed by atoms with Crippen molar-refractivity contribution in [3.8, 4) is 11.3 Å². The first kappa shape index (κ1) is 17.7. The summed E-state index contributed by atoms with van der Waals surface area (Å²) < 4.78 is 18.6. The molecule has 1 aliphatic rings. The number of hydrogen-bond acceptors (Lipinski definition) is 3. The SMILES string of the molecule is C[C@@H]1C[C@H](C)CN(CCNC(=O)c2ccc(-c3ccc(F)cc3)o2)C1. The van der Waals surface area contributed by atoms with E-state index in [1.807, 2.05) is 0 Å². The Morgan fingerprint density at radius 3 is 2.52 bits per heavy atom. The lowest BCUT2D eigenvalue weighted by molar-refractivity contribution is 0.0910. The van der Waals surface area contributed by atoms with Crippen molar-refractivity contribution in [3.63, 3.8) is 0 Å². The van der Waals surface area contributed by atoms with Crippen LogP contribution in [0.25, 0.3) is 11.3 Å². The first-order valence-electron chi connectivity index (χ1n) is 8.87. The lowest BCUT2D eigenvalue weighted by Gasteiger charge is -2.34. The van der Waals surface area contributed by atoms with E-state index < -0.39 is 0 Å². The Labute approximate surface area is 148 Å². The highest BCUT2D eigenvalue weighted by Gasteiger charge is 2.21. The van der Waals surface area contributed by atoms with Gasteiger partial charge in [0.05, 0.1) is 0 Å². The summed E-state index contributed by atoms with van der Waals surface area (Å²) in [5, 5.41) is 2.92. The number of carbonyl (C=O) groups excluding carboxylic acids is 1. The molecule has 4 nitrogen and oxygen atoms in total. The van der Waals surface area contributed by atoms with E-state index in [1.54, 1.807) is 24.3 Å². The maximum absolute atomic E-state index is 13.0. The minimum atomic E-state index is -0.297. The molecule has 25 heavy (non-hydrogen) atoms. The number of rotatable bonds is 5.